The van der Waals surface area contributed by atoms with E-state index in [9.17, 15) is 8.42 Å². The number of nitrogens with zero attached hydrogens (tertiary/aromatic N) is 1. The van der Waals surface area contributed by atoms with E-state index < -0.39 is 10.0 Å². The lowest BCUT2D eigenvalue weighted by molar-refractivity contribution is -0.00000696. The number of aromatic nitrogens is 1. The van der Waals surface area contributed by atoms with Crippen LogP contribution in [0.5, 0.6) is 0 Å². The number of primary sulfonamides is 1. The fourth-order valence-corrected chi connectivity index (χ4v) is 3.18. The van der Waals surface area contributed by atoms with Crippen LogP contribution in [0.25, 0.3) is 11.3 Å². The summed E-state index contributed by atoms with van der Waals surface area (Å²) in [5.41, 5.74) is 2.70. The number of hydrogen-bond acceptors (Lipinski definition) is 5. The van der Waals surface area contributed by atoms with Gasteiger partial charge in [0.1, 0.15) is 0 Å². The van der Waals surface area contributed by atoms with Crippen molar-refractivity contribution in [1.29, 1.82) is 0 Å². The van der Waals surface area contributed by atoms with Gasteiger partial charge in [-0.1, -0.05) is 30.3 Å². The maximum atomic E-state index is 11.2. The predicted octanol–water partition coefficient (Wildman–Crippen LogP) is 0.205. The maximum Gasteiger partial charge on any atom is 0.238 e. The largest absolute Gasteiger partial charge is 1.00 e. The molecule has 0 spiro atoms. The zero-order valence-electron chi connectivity index (χ0n) is 11.8. The number of thiazole rings is 1. The highest BCUT2D eigenvalue weighted by Crippen LogP contribution is 2.27. The fourth-order valence-electron chi connectivity index (χ4n) is 1.92. The lowest BCUT2D eigenvalue weighted by Crippen LogP contribution is -3.00. The molecule has 5 nitrogen and oxygen atoms in total. The van der Waals surface area contributed by atoms with Crippen molar-refractivity contribution < 1.29 is 25.4 Å². The van der Waals surface area contributed by atoms with Crippen LogP contribution in [0.1, 0.15) is 0 Å². The van der Waals surface area contributed by atoms with Crippen molar-refractivity contribution in [3.05, 3.63) is 60.0 Å². The number of hydrogen-bond donors (Lipinski definition) is 2. The van der Waals surface area contributed by atoms with Gasteiger partial charge in [-0.25, -0.2) is 18.5 Å². The number of benzene rings is 2. The molecule has 0 atom stereocenters. The second-order valence-electron chi connectivity index (χ2n) is 4.60. The third kappa shape index (κ3) is 4.38. The van der Waals surface area contributed by atoms with E-state index in [1.807, 2.05) is 35.7 Å². The molecule has 1 heterocycles. The Kier molecular flexibility index (Phi) is 5.53. The SMILES string of the molecule is NS(=O)(=O)c1ccc(Nc2nc(-c3ccccc3)cs2)cc1.[Br-]. The van der Waals surface area contributed by atoms with E-state index in [0.717, 1.165) is 22.1 Å². The molecular formula is C15H13BrN3O2S2-. The Labute approximate surface area is 149 Å². The van der Waals surface area contributed by atoms with Gasteiger partial charge in [-0.2, -0.15) is 0 Å². The van der Waals surface area contributed by atoms with Crippen molar-refractivity contribution in [3.63, 3.8) is 0 Å². The summed E-state index contributed by atoms with van der Waals surface area (Å²) in [6, 6.07) is 16.1. The highest BCUT2D eigenvalue weighted by atomic mass is 79.9. The fraction of sp³-hybridized carbons (Fsp3) is 0. The first-order valence-electron chi connectivity index (χ1n) is 6.43. The second kappa shape index (κ2) is 7.22. The third-order valence-electron chi connectivity index (χ3n) is 3.01. The van der Waals surface area contributed by atoms with Gasteiger partial charge in [0.05, 0.1) is 10.6 Å². The maximum absolute atomic E-state index is 11.2. The summed E-state index contributed by atoms with van der Waals surface area (Å²) >= 11 is 1.48. The third-order valence-corrected chi connectivity index (χ3v) is 4.69. The van der Waals surface area contributed by atoms with Gasteiger partial charge in [0, 0.05) is 16.6 Å². The standard InChI is InChI=1S/C15H13N3O2S2.BrH/c16-22(19,20)13-8-6-12(7-9-13)17-15-18-14(10-21-15)11-4-2-1-3-5-11;/h1-10H,(H,17,18)(H2,16,19,20);1H/p-1. The number of anilines is 2. The molecule has 3 N–H and O–H groups in total. The molecule has 3 rings (SSSR count). The van der Waals surface area contributed by atoms with E-state index in [-0.39, 0.29) is 21.9 Å². The Bertz CT molecular complexity index is 879. The molecule has 0 bridgehead atoms. The van der Waals surface area contributed by atoms with Crippen molar-refractivity contribution in [1.82, 2.24) is 4.98 Å². The van der Waals surface area contributed by atoms with Gasteiger partial charge in [-0.15, -0.1) is 11.3 Å². The van der Waals surface area contributed by atoms with Crippen LogP contribution < -0.4 is 27.4 Å². The Hall–Kier alpha value is -1.74. The minimum Gasteiger partial charge on any atom is -1.00 e. The van der Waals surface area contributed by atoms with Crippen LogP contribution in [0.3, 0.4) is 0 Å². The molecule has 0 aliphatic heterocycles. The van der Waals surface area contributed by atoms with E-state index in [0.29, 0.717) is 0 Å². The summed E-state index contributed by atoms with van der Waals surface area (Å²) in [5.74, 6) is 0. The molecule has 0 amide bonds. The van der Waals surface area contributed by atoms with Crippen LogP contribution in [-0.2, 0) is 10.0 Å². The van der Waals surface area contributed by atoms with E-state index >= 15 is 0 Å². The van der Waals surface area contributed by atoms with Crippen LogP contribution >= 0.6 is 11.3 Å². The lowest BCUT2D eigenvalue weighted by Gasteiger charge is -2.03. The van der Waals surface area contributed by atoms with E-state index in [1.165, 1.54) is 23.5 Å². The summed E-state index contributed by atoms with van der Waals surface area (Å²) < 4.78 is 22.4. The Morgan fingerprint density at radius 2 is 1.65 bits per heavy atom. The quantitative estimate of drug-likeness (QED) is 0.643. The molecule has 120 valence electrons. The summed E-state index contributed by atoms with van der Waals surface area (Å²) in [4.78, 5) is 4.60. The number of rotatable bonds is 4. The van der Waals surface area contributed by atoms with Gasteiger partial charge < -0.3 is 22.3 Å². The van der Waals surface area contributed by atoms with Crippen LogP contribution in [0.15, 0.2) is 64.9 Å². The Morgan fingerprint density at radius 3 is 2.26 bits per heavy atom. The highest BCUT2D eigenvalue weighted by Gasteiger charge is 2.08. The molecule has 0 saturated carbocycles. The summed E-state index contributed by atoms with van der Waals surface area (Å²) in [6.45, 7) is 0. The van der Waals surface area contributed by atoms with Crippen LogP contribution in [0, 0.1) is 0 Å². The molecule has 0 aliphatic carbocycles. The van der Waals surface area contributed by atoms with Gasteiger partial charge in [0.25, 0.3) is 0 Å². The average Bonchev–Trinajstić information content (AvgIpc) is 2.96. The zero-order valence-corrected chi connectivity index (χ0v) is 15.0. The molecule has 2 aromatic carbocycles. The Balaban J connectivity index is 0.00000192. The molecule has 8 heteroatoms. The normalized spacial score (nSPS) is 10.8. The summed E-state index contributed by atoms with van der Waals surface area (Å²) in [7, 11) is -3.67. The summed E-state index contributed by atoms with van der Waals surface area (Å²) in [6.07, 6.45) is 0. The Morgan fingerprint density at radius 1 is 1.00 bits per heavy atom. The first-order chi connectivity index (χ1) is 10.5. The number of nitrogens with two attached hydrogens (primary N) is 1. The molecule has 0 saturated heterocycles. The van der Waals surface area contributed by atoms with Gasteiger partial charge in [0.2, 0.25) is 10.0 Å². The number of halogens is 1. The number of nitrogens with one attached hydrogen (secondary N) is 1. The first-order valence-corrected chi connectivity index (χ1v) is 8.86. The van der Waals surface area contributed by atoms with Crippen LogP contribution in [0.2, 0.25) is 0 Å². The molecule has 3 aromatic rings. The average molecular weight is 411 g/mol. The highest BCUT2D eigenvalue weighted by molar-refractivity contribution is 7.89. The topological polar surface area (TPSA) is 85.1 Å². The van der Waals surface area contributed by atoms with E-state index in [1.54, 1.807) is 12.1 Å². The van der Waals surface area contributed by atoms with Gasteiger partial charge in [-0.05, 0) is 24.3 Å². The minimum atomic E-state index is -3.67. The van der Waals surface area contributed by atoms with Crippen LogP contribution in [-0.4, -0.2) is 13.4 Å². The van der Waals surface area contributed by atoms with Crippen molar-refractivity contribution in [2.75, 3.05) is 5.32 Å². The number of sulfonamides is 1. The first kappa shape index (κ1) is 17.6. The van der Waals surface area contributed by atoms with Gasteiger partial charge in [-0.3, -0.25) is 0 Å². The monoisotopic (exact) mass is 410 g/mol. The van der Waals surface area contributed by atoms with E-state index in [2.05, 4.69) is 10.3 Å². The molecular weight excluding hydrogens is 398 g/mol. The lowest BCUT2D eigenvalue weighted by atomic mass is 10.2. The zero-order chi connectivity index (χ0) is 15.6. The molecule has 0 radical (unpaired) electrons. The molecule has 0 fully saturated rings. The molecule has 0 unspecified atom stereocenters. The molecule has 1 aromatic heterocycles. The van der Waals surface area contributed by atoms with E-state index in [4.69, 9.17) is 5.14 Å². The van der Waals surface area contributed by atoms with Crippen molar-refractivity contribution in [2.24, 2.45) is 5.14 Å². The predicted molar refractivity (Wildman–Crippen MR) is 88.6 cm³/mol. The van der Waals surface area contributed by atoms with Gasteiger partial charge >= 0.3 is 0 Å². The molecule has 0 aliphatic rings. The minimum absolute atomic E-state index is 0. The summed E-state index contributed by atoms with van der Waals surface area (Å²) in [5, 5.41) is 10.9. The van der Waals surface area contributed by atoms with Crippen molar-refractivity contribution in [3.8, 4) is 11.3 Å². The van der Waals surface area contributed by atoms with Crippen LogP contribution in [0.4, 0.5) is 10.8 Å². The van der Waals surface area contributed by atoms with Crippen molar-refractivity contribution >= 4 is 32.2 Å². The smallest absolute Gasteiger partial charge is 0.238 e. The van der Waals surface area contributed by atoms with Gasteiger partial charge in [0.15, 0.2) is 5.13 Å². The van der Waals surface area contributed by atoms with Crippen molar-refractivity contribution in [2.45, 2.75) is 4.90 Å². The molecule has 23 heavy (non-hydrogen) atoms. The second-order valence-corrected chi connectivity index (χ2v) is 7.02.